The van der Waals surface area contributed by atoms with Gasteiger partial charge in [0.05, 0.1) is 18.0 Å². The molecule has 0 aliphatic carbocycles. The molecule has 0 fully saturated rings. The van der Waals surface area contributed by atoms with Crippen LogP contribution in [-0.4, -0.2) is 21.0 Å². The van der Waals surface area contributed by atoms with Gasteiger partial charge in [0.1, 0.15) is 11.8 Å². The van der Waals surface area contributed by atoms with Gasteiger partial charge in [-0.1, -0.05) is 0 Å². The first kappa shape index (κ1) is 12.5. The summed E-state index contributed by atoms with van der Waals surface area (Å²) in [5.41, 5.74) is 1.06. The van der Waals surface area contributed by atoms with Crippen LogP contribution >= 0.6 is 0 Å². The molecule has 1 aromatic heterocycles. The molecule has 0 spiro atoms. The van der Waals surface area contributed by atoms with Crippen molar-refractivity contribution in [1.29, 1.82) is 5.26 Å². The zero-order chi connectivity index (χ0) is 13.8. The lowest BCUT2D eigenvalue weighted by molar-refractivity contribution is 0.0697. The highest BCUT2D eigenvalue weighted by Crippen LogP contribution is 2.24. The SMILES string of the molecule is Cc1cc(C(=O)O)ccc1Oc1cnc(C#N)cn1. The summed E-state index contributed by atoms with van der Waals surface area (Å²) in [4.78, 5) is 18.5. The second kappa shape index (κ2) is 5.14. The van der Waals surface area contributed by atoms with Gasteiger partial charge in [-0.2, -0.15) is 5.26 Å². The van der Waals surface area contributed by atoms with Crippen LogP contribution in [-0.2, 0) is 0 Å². The molecule has 2 aromatic rings. The summed E-state index contributed by atoms with van der Waals surface area (Å²) in [5.74, 6) is -0.262. The van der Waals surface area contributed by atoms with E-state index >= 15 is 0 Å². The van der Waals surface area contributed by atoms with Crippen molar-refractivity contribution in [2.75, 3.05) is 0 Å². The number of aromatic carboxylic acids is 1. The highest BCUT2D eigenvalue weighted by Gasteiger charge is 2.08. The number of ether oxygens (including phenoxy) is 1. The first-order valence-corrected chi connectivity index (χ1v) is 5.34. The van der Waals surface area contributed by atoms with Gasteiger partial charge >= 0.3 is 5.97 Å². The van der Waals surface area contributed by atoms with Gasteiger partial charge in [0.15, 0.2) is 5.69 Å². The molecule has 0 amide bonds. The predicted molar refractivity (Wildman–Crippen MR) is 65.0 cm³/mol. The van der Waals surface area contributed by atoms with Gasteiger partial charge in [-0.3, -0.25) is 0 Å². The minimum Gasteiger partial charge on any atom is -0.478 e. The van der Waals surface area contributed by atoms with E-state index in [0.29, 0.717) is 11.3 Å². The van der Waals surface area contributed by atoms with Crippen LogP contribution in [0.15, 0.2) is 30.6 Å². The lowest BCUT2D eigenvalue weighted by Crippen LogP contribution is -1.98. The summed E-state index contributed by atoms with van der Waals surface area (Å²) >= 11 is 0. The molecule has 2 rings (SSSR count). The lowest BCUT2D eigenvalue weighted by Gasteiger charge is -2.07. The Morgan fingerprint density at radius 2 is 2.16 bits per heavy atom. The number of hydrogen-bond donors (Lipinski definition) is 1. The molecule has 19 heavy (non-hydrogen) atoms. The van der Waals surface area contributed by atoms with E-state index in [1.165, 1.54) is 24.5 Å². The number of benzene rings is 1. The highest BCUT2D eigenvalue weighted by atomic mass is 16.5. The third kappa shape index (κ3) is 2.84. The van der Waals surface area contributed by atoms with E-state index in [0.717, 1.165) is 0 Å². The van der Waals surface area contributed by atoms with Crippen LogP contribution in [0.3, 0.4) is 0 Å². The number of nitriles is 1. The highest BCUT2D eigenvalue weighted by molar-refractivity contribution is 5.88. The summed E-state index contributed by atoms with van der Waals surface area (Å²) in [6.07, 6.45) is 2.64. The molecule has 0 aliphatic rings. The molecule has 1 heterocycles. The van der Waals surface area contributed by atoms with Gasteiger partial charge in [0, 0.05) is 0 Å². The Morgan fingerprint density at radius 1 is 1.37 bits per heavy atom. The zero-order valence-electron chi connectivity index (χ0n) is 9.99. The van der Waals surface area contributed by atoms with Crippen molar-refractivity contribution in [3.8, 4) is 17.7 Å². The van der Waals surface area contributed by atoms with E-state index in [2.05, 4.69) is 9.97 Å². The maximum absolute atomic E-state index is 10.8. The van der Waals surface area contributed by atoms with Crippen LogP contribution in [0, 0.1) is 18.3 Å². The Labute approximate surface area is 108 Å². The molecule has 1 aromatic carbocycles. The van der Waals surface area contributed by atoms with Crippen molar-refractivity contribution >= 4 is 5.97 Å². The second-order valence-corrected chi connectivity index (χ2v) is 3.74. The van der Waals surface area contributed by atoms with Gasteiger partial charge in [-0.05, 0) is 30.7 Å². The topological polar surface area (TPSA) is 96.1 Å². The normalized spacial score (nSPS) is 9.68. The van der Waals surface area contributed by atoms with E-state index in [1.54, 1.807) is 13.0 Å². The molecule has 6 nitrogen and oxygen atoms in total. The Hall–Kier alpha value is -2.94. The molecule has 0 unspecified atom stereocenters. The monoisotopic (exact) mass is 255 g/mol. The number of carboxylic acids is 1. The smallest absolute Gasteiger partial charge is 0.335 e. The minimum absolute atomic E-state index is 0.191. The van der Waals surface area contributed by atoms with Crippen molar-refractivity contribution in [2.45, 2.75) is 6.92 Å². The molecule has 6 heteroatoms. The number of aromatic nitrogens is 2. The van der Waals surface area contributed by atoms with Gasteiger partial charge in [-0.25, -0.2) is 14.8 Å². The maximum Gasteiger partial charge on any atom is 0.335 e. The average Bonchev–Trinajstić information content (AvgIpc) is 2.41. The van der Waals surface area contributed by atoms with E-state index in [1.807, 2.05) is 6.07 Å². The molecule has 94 valence electrons. The van der Waals surface area contributed by atoms with Crippen LogP contribution in [0.25, 0.3) is 0 Å². The number of hydrogen-bond acceptors (Lipinski definition) is 5. The van der Waals surface area contributed by atoms with Gasteiger partial charge in [-0.15, -0.1) is 0 Å². The van der Waals surface area contributed by atoms with E-state index in [4.69, 9.17) is 15.1 Å². The molecule has 0 atom stereocenters. The Bertz CT molecular complexity index is 660. The van der Waals surface area contributed by atoms with Crippen molar-refractivity contribution in [1.82, 2.24) is 9.97 Å². The quantitative estimate of drug-likeness (QED) is 0.902. The van der Waals surface area contributed by atoms with Crippen LogP contribution in [0.5, 0.6) is 11.6 Å². The Kier molecular flexibility index (Phi) is 3.39. The fraction of sp³-hybridized carbons (Fsp3) is 0.0769. The van der Waals surface area contributed by atoms with Crippen molar-refractivity contribution in [3.05, 3.63) is 47.4 Å². The average molecular weight is 255 g/mol. The maximum atomic E-state index is 10.8. The van der Waals surface area contributed by atoms with Gasteiger partial charge < -0.3 is 9.84 Å². The van der Waals surface area contributed by atoms with Crippen molar-refractivity contribution in [3.63, 3.8) is 0 Å². The number of rotatable bonds is 3. The van der Waals surface area contributed by atoms with Crippen molar-refractivity contribution < 1.29 is 14.6 Å². The number of carboxylic acid groups (broad SMARTS) is 1. The predicted octanol–water partition coefficient (Wildman–Crippen LogP) is 2.15. The molecule has 0 saturated heterocycles. The number of nitrogens with zero attached hydrogens (tertiary/aromatic N) is 3. The van der Waals surface area contributed by atoms with Crippen LogP contribution in [0.1, 0.15) is 21.6 Å². The first-order valence-electron chi connectivity index (χ1n) is 5.34. The first-order chi connectivity index (χ1) is 9.10. The minimum atomic E-state index is -0.993. The fourth-order valence-electron chi connectivity index (χ4n) is 1.44. The third-order valence-electron chi connectivity index (χ3n) is 2.38. The van der Waals surface area contributed by atoms with E-state index < -0.39 is 5.97 Å². The van der Waals surface area contributed by atoms with Crippen LogP contribution < -0.4 is 4.74 Å². The summed E-state index contributed by atoms with van der Waals surface area (Å²) in [6.45, 7) is 1.73. The van der Waals surface area contributed by atoms with Gasteiger partial charge in [0.2, 0.25) is 5.88 Å². The fourth-order valence-corrected chi connectivity index (χ4v) is 1.44. The number of aryl methyl sites for hydroxylation is 1. The van der Waals surface area contributed by atoms with Crippen molar-refractivity contribution in [2.24, 2.45) is 0 Å². The second-order valence-electron chi connectivity index (χ2n) is 3.74. The summed E-state index contributed by atoms with van der Waals surface area (Å²) in [6, 6.07) is 6.36. The summed E-state index contributed by atoms with van der Waals surface area (Å²) in [5, 5.41) is 17.4. The lowest BCUT2D eigenvalue weighted by atomic mass is 10.1. The molecule has 0 aliphatic heterocycles. The molecular formula is C13H9N3O3. The molecular weight excluding hydrogens is 246 g/mol. The number of carbonyl (C=O) groups is 1. The molecule has 0 saturated carbocycles. The molecule has 1 N–H and O–H groups in total. The Balaban J connectivity index is 2.23. The molecule has 0 bridgehead atoms. The molecule has 0 radical (unpaired) electrons. The largest absolute Gasteiger partial charge is 0.478 e. The van der Waals surface area contributed by atoms with Crippen LogP contribution in [0.2, 0.25) is 0 Å². The van der Waals surface area contributed by atoms with Crippen LogP contribution in [0.4, 0.5) is 0 Å². The van der Waals surface area contributed by atoms with E-state index in [9.17, 15) is 4.79 Å². The summed E-state index contributed by atoms with van der Waals surface area (Å²) in [7, 11) is 0. The Morgan fingerprint density at radius 3 is 2.68 bits per heavy atom. The standard InChI is InChI=1S/C13H9N3O3/c1-8-4-9(13(17)18)2-3-11(8)19-12-7-15-10(5-14)6-16-12/h2-4,6-7H,1H3,(H,17,18). The van der Waals surface area contributed by atoms with E-state index in [-0.39, 0.29) is 17.1 Å². The summed E-state index contributed by atoms with van der Waals surface area (Å²) < 4.78 is 5.47. The third-order valence-corrected chi connectivity index (χ3v) is 2.38. The van der Waals surface area contributed by atoms with Gasteiger partial charge in [0.25, 0.3) is 0 Å². The zero-order valence-corrected chi connectivity index (χ0v) is 9.99.